The van der Waals surface area contributed by atoms with E-state index in [1.54, 1.807) is 6.20 Å². The van der Waals surface area contributed by atoms with E-state index in [-0.39, 0.29) is 5.91 Å². The summed E-state index contributed by atoms with van der Waals surface area (Å²) in [5.41, 5.74) is 2.82. The van der Waals surface area contributed by atoms with Crippen LogP contribution in [0.15, 0.2) is 42.7 Å². The second-order valence-corrected chi connectivity index (χ2v) is 10.1. The molecule has 2 fully saturated rings. The third-order valence-corrected chi connectivity index (χ3v) is 7.08. The summed E-state index contributed by atoms with van der Waals surface area (Å²) in [7, 11) is -0.446. The molecule has 0 atom stereocenters. The van der Waals surface area contributed by atoms with Crippen molar-refractivity contribution >= 4 is 18.5 Å². The molecule has 0 saturated carbocycles. The van der Waals surface area contributed by atoms with Crippen molar-refractivity contribution in [3.05, 3.63) is 48.3 Å². The highest BCUT2D eigenvalue weighted by Gasteiger charge is 2.51. The number of aromatic nitrogens is 1. The Labute approximate surface area is 192 Å². The first-order chi connectivity index (χ1) is 15.1. The monoisotopic (exact) mass is 435 g/mol. The van der Waals surface area contributed by atoms with Crippen LogP contribution in [0.2, 0.25) is 0 Å². The lowest BCUT2D eigenvalue weighted by Crippen LogP contribution is -2.50. The lowest BCUT2D eigenvalue weighted by Gasteiger charge is -2.37. The van der Waals surface area contributed by atoms with Gasteiger partial charge in [-0.05, 0) is 64.8 Å². The van der Waals surface area contributed by atoms with Crippen molar-refractivity contribution in [2.45, 2.75) is 58.8 Å². The maximum Gasteiger partial charge on any atom is 0.496 e. The third-order valence-electron chi connectivity index (χ3n) is 7.08. The minimum absolute atomic E-state index is 0.101. The Bertz CT molecular complexity index is 951. The van der Waals surface area contributed by atoms with Crippen molar-refractivity contribution in [2.24, 2.45) is 0 Å². The maximum atomic E-state index is 12.9. The number of hydrogen-bond donors (Lipinski definition) is 0. The molecule has 0 N–H and O–H groups in total. The van der Waals surface area contributed by atoms with E-state index < -0.39 is 18.3 Å². The van der Waals surface area contributed by atoms with Crippen molar-refractivity contribution in [1.29, 1.82) is 0 Å². The molecule has 1 aromatic carbocycles. The predicted molar refractivity (Wildman–Crippen MR) is 128 cm³/mol. The molecule has 2 saturated heterocycles. The summed E-state index contributed by atoms with van der Waals surface area (Å²) in [6, 6.07) is 10.4. The number of benzene rings is 1. The average Bonchev–Trinajstić information content (AvgIpc) is 3.00. The van der Waals surface area contributed by atoms with Crippen LogP contribution in [0, 0.1) is 0 Å². The first-order valence-electron chi connectivity index (χ1n) is 11.5. The number of carbonyl (C=O) groups excluding carboxylic acids is 1. The summed E-state index contributed by atoms with van der Waals surface area (Å²) in [6.07, 6.45) is 3.62. The molecule has 6 nitrogen and oxygen atoms in total. The minimum Gasteiger partial charge on any atom is -0.399 e. The maximum absolute atomic E-state index is 12.9. The Kier molecular flexibility index (Phi) is 6.18. The van der Waals surface area contributed by atoms with Gasteiger partial charge < -0.3 is 14.2 Å². The van der Waals surface area contributed by atoms with Gasteiger partial charge >= 0.3 is 7.12 Å². The fraction of sp³-hybridized carbons (Fsp3) is 0.520. The second kappa shape index (κ2) is 8.62. The number of nitrogens with zero attached hydrogens (tertiary/aromatic N) is 3. The zero-order chi connectivity index (χ0) is 23.1. The van der Waals surface area contributed by atoms with E-state index in [1.807, 2.05) is 63.1 Å². The molecule has 32 heavy (non-hydrogen) atoms. The molecule has 0 unspecified atom stereocenters. The van der Waals surface area contributed by atoms with Crippen LogP contribution >= 0.6 is 0 Å². The molecule has 2 aromatic rings. The van der Waals surface area contributed by atoms with Crippen molar-refractivity contribution in [2.75, 3.05) is 26.2 Å². The van der Waals surface area contributed by atoms with Gasteiger partial charge in [0.05, 0.1) is 11.2 Å². The molecule has 0 radical (unpaired) electrons. The summed E-state index contributed by atoms with van der Waals surface area (Å²) in [6.45, 7) is 16.0. The van der Waals surface area contributed by atoms with Gasteiger partial charge in [-0.15, -0.1) is 0 Å². The standard InChI is InChI=1S/C25H34BN3O3/c1-18(2)28-11-13-29(14-12-28)23(30)20-9-7-19(8-10-20)21-15-22(17-27-16-21)26-31-24(3,4)25(5,6)32-26/h7-10,15-18H,11-14H2,1-6H3. The van der Waals surface area contributed by atoms with Crippen molar-refractivity contribution < 1.29 is 14.1 Å². The Morgan fingerprint density at radius 1 is 0.938 bits per heavy atom. The smallest absolute Gasteiger partial charge is 0.399 e. The normalized spacial score (nSPS) is 20.7. The SMILES string of the molecule is CC(C)N1CCN(C(=O)c2ccc(-c3cncc(B4OC(C)(C)C(C)(C)O4)c3)cc2)CC1. The zero-order valence-electron chi connectivity index (χ0n) is 20.1. The highest BCUT2D eigenvalue weighted by atomic mass is 16.7. The predicted octanol–water partition coefficient (Wildman–Crippen LogP) is 3.21. The van der Waals surface area contributed by atoms with Crippen LogP contribution in [-0.2, 0) is 9.31 Å². The molecule has 2 aliphatic heterocycles. The number of hydrogen-bond acceptors (Lipinski definition) is 5. The quantitative estimate of drug-likeness (QED) is 0.691. The Balaban J connectivity index is 1.46. The fourth-order valence-corrected chi connectivity index (χ4v) is 4.15. The van der Waals surface area contributed by atoms with Crippen LogP contribution in [0.1, 0.15) is 51.9 Å². The van der Waals surface area contributed by atoms with Crippen LogP contribution in [0.25, 0.3) is 11.1 Å². The van der Waals surface area contributed by atoms with Crippen molar-refractivity contribution in [3.63, 3.8) is 0 Å². The summed E-state index contributed by atoms with van der Waals surface area (Å²) < 4.78 is 12.3. The molecule has 7 heteroatoms. The molecular weight excluding hydrogens is 401 g/mol. The molecule has 170 valence electrons. The molecule has 1 aromatic heterocycles. The number of pyridine rings is 1. The van der Waals surface area contributed by atoms with E-state index in [2.05, 4.69) is 29.8 Å². The first-order valence-corrected chi connectivity index (χ1v) is 11.5. The summed E-state index contributed by atoms with van der Waals surface area (Å²) in [5.74, 6) is 0.101. The number of amides is 1. The van der Waals surface area contributed by atoms with Gasteiger partial charge in [0.25, 0.3) is 5.91 Å². The Morgan fingerprint density at radius 2 is 1.53 bits per heavy atom. The molecule has 1 amide bonds. The molecule has 0 spiro atoms. The van der Waals surface area contributed by atoms with Gasteiger partial charge in [-0.2, -0.15) is 0 Å². The number of carbonyl (C=O) groups is 1. The number of rotatable bonds is 4. The van der Waals surface area contributed by atoms with Crippen LogP contribution in [-0.4, -0.2) is 71.2 Å². The Hall–Kier alpha value is -2.22. The van der Waals surface area contributed by atoms with E-state index in [9.17, 15) is 4.79 Å². The van der Waals surface area contributed by atoms with Crippen molar-refractivity contribution in [1.82, 2.24) is 14.8 Å². The van der Waals surface area contributed by atoms with E-state index in [1.165, 1.54) is 0 Å². The van der Waals surface area contributed by atoms with E-state index >= 15 is 0 Å². The lowest BCUT2D eigenvalue weighted by atomic mass is 9.79. The zero-order valence-corrected chi connectivity index (χ0v) is 20.1. The van der Waals surface area contributed by atoms with Crippen LogP contribution in [0.4, 0.5) is 0 Å². The topological polar surface area (TPSA) is 54.9 Å². The van der Waals surface area contributed by atoms with Gasteiger partial charge in [0.15, 0.2) is 0 Å². The van der Waals surface area contributed by atoms with E-state index in [0.29, 0.717) is 6.04 Å². The van der Waals surface area contributed by atoms with E-state index in [0.717, 1.165) is 48.3 Å². The number of piperazine rings is 1. The highest BCUT2D eigenvalue weighted by molar-refractivity contribution is 6.62. The van der Waals surface area contributed by atoms with Gasteiger partial charge in [0, 0.05) is 55.6 Å². The van der Waals surface area contributed by atoms with Crippen LogP contribution < -0.4 is 5.46 Å². The minimum atomic E-state index is -0.446. The van der Waals surface area contributed by atoms with Gasteiger partial charge in [0.1, 0.15) is 0 Å². The summed E-state index contributed by atoms with van der Waals surface area (Å²) >= 11 is 0. The Morgan fingerprint density at radius 3 is 2.09 bits per heavy atom. The van der Waals surface area contributed by atoms with Gasteiger partial charge in [-0.25, -0.2) is 0 Å². The third kappa shape index (κ3) is 4.47. The lowest BCUT2D eigenvalue weighted by molar-refractivity contribution is 0.00578. The van der Waals surface area contributed by atoms with Gasteiger partial charge in [0.2, 0.25) is 0 Å². The summed E-state index contributed by atoms with van der Waals surface area (Å²) in [5, 5.41) is 0. The molecular formula is C25H34BN3O3. The van der Waals surface area contributed by atoms with Gasteiger partial charge in [-0.1, -0.05) is 18.2 Å². The van der Waals surface area contributed by atoms with E-state index in [4.69, 9.17) is 9.31 Å². The summed E-state index contributed by atoms with van der Waals surface area (Å²) in [4.78, 5) is 21.7. The van der Waals surface area contributed by atoms with Crippen LogP contribution in [0.3, 0.4) is 0 Å². The largest absolute Gasteiger partial charge is 0.496 e. The van der Waals surface area contributed by atoms with Crippen LogP contribution in [0.5, 0.6) is 0 Å². The fourth-order valence-electron chi connectivity index (χ4n) is 4.15. The van der Waals surface area contributed by atoms with Crippen molar-refractivity contribution in [3.8, 4) is 11.1 Å². The molecule has 3 heterocycles. The molecule has 0 aliphatic carbocycles. The highest BCUT2D eigenvalue weighted by Crippen LogP contribution is 2.36. The second-order valence-electron chi connectivity index (χ2n) is 10.1. The molecule has 0 bridgehead atoms. The van der Waals surface area contributed by atoms with Gasteiger partial charge in [-0.3, -0.25) is 14.7 Å². The molecule has 2 aliphatic rings. The first kappa shape index (κ1) is 23.0. The average molecular weight is 435 g/mol. The molecule has 4 rings (SSSR count).